The Bertz CT molecular complexity index is 706. The fourth-order valence-electron chi connectivity index (χ4n) is 1.96. The zero-order chi connectivity index (χ0) is 18.8. The molecule has 2 rings (SSSR count). The number of esters is 1. The highest BCUT2D eigenvalue weighted by Gasteiger charge is 2.08. The summed E-state index contributed by atoms with van der Waals surface area (Å²) in [7, 11) is 0. The second-order valence-electron chi connectivity index (χ2n) is 5.18. The van der Waals surface area contributed by atoms with Crippen molar-refractivity contribution in [3.05, 3.63) is 59.2 Å². The summed E-state index contributed by atoms with van der Waals surface area (Å²) in [4.78, 5) is 21.8. The van der Waals surface area contributed by atoms with Crippen molar-refractivity contribution in [2.45, 2.75) is 26.7 Å². The van der Waals surface area contributed by atoms with Gasteiger partial charge in [0, 0.05) is 0 Å². The van der Waals surface area contributed by atoms with Gasteiger partial charge in [0.1, 0.15) is 11.5 Å². The van der Waals surface area contributed by atoms with Crippen LogP contribution in [0.1, 0.15) is 46.5 Å². The van der Waals surface area contributed by atoms with Gasteiger partial charge < -0.3 is 20.1 Å². The summed E-state index contributed by atoms with van der Waals surface area (Å²) in [6.07, 6.45) is 1.42. The Morgan fingerprint density at radius 2 is 1.56 bits per heavy atom. The fraction of sp³-hybridized carbons (Fsp3) is 0.263. The number of hydrogen-bond acceptors (Lipinski definition) is 5. The number of rotatable bonds is 5. The number of phenolic OH excluding ortho intramolecular Hbond substituents is 2. The molecule has 6 heteroatoms. The highest BCUT2D eigenvalue weighted by atomic mass is 16.5. The number of aryl methyl sites for hydroxylation is 1. The maximum Gasteiger partial charge on any atom is 0.338 e. The normalized spacial score (nSPS) is 9.68. The van der Waals surface area contributed by atoms with Crippen LogP contribution < -0.4 is 0 Å². The molecule has 0 bridgehead atoms. The van der Waals surface area contributed by atoms with Crippen molar-refractivity contribution in [1.82, 2.24) is 0 Å². The van der Waals surface area contributed by atoms with Crippen molar-refractivity contribution in [3.63, 3.8) is 0 Å². The van der Waals surface area contributed by atoms with E-state index in [1.54, 1.807) is 0 Å². The van der Waals surface area contributed by atoms with E-state index >= 15 is 0 Å². The molecule has 0 saturated carbocycles. The molecule has 0 unspecified atom stereocenters. The number of carboxylic acid groups (broad SMARTS) is 1. The Morgan fingerprint density at radius 3 is 2.08 bits per heavy atom. The Balaban J connectivity index is 0.000000251. The molecule has 134 valence electrons. The molecule has 0 aliphatic heterocycles. The van der Waals surface area contributed by atoms with Gasteiger partial charge in [-0.05, 0) is 60.9 Å². The number of ether oxygens (including phenoxy) is 1. The molecule has 0 saturated heterocycles. The van der Waals surface area contributed by atoms with Crippen molar-refractivity contribution in [1.29, 1.82) is 0 Å². The minimum atomic E-state index is -0.952. The van der Waals surface area contributed by atoms with E-state index in [1.807, 2.05) is 13.8 Å². The van der Waals surface area contributed by atoms with Crippen molar-refractivity contribution in [3.8, 4) is 11.5 Å². The van der Waals surface area contributed by atoms with Crippen molar-refractivity contribution in [2.75, 3.05) is 6.61 Å². The maximum absolute atomic E-state index is 11.2. The van der Waals surface area contributed by atoms with E-state index in [-0.39, 0.29) is 23.0 Å². The van der Waals surface area contributed by atoms with E-state index in [9.17, 15) is 9.59 Å². The molecule has 0 aliphatic rings. The van der Waals surface area contributed by atoms with Crippen LogP contribution in [-0.2, 0) is 11.2 Å². The highest BCUT2D eigenvalue weighted by molar-refractivity contribution is 5.90. The van der Waals surface area contributed by atoms with Crippen LogP contribution >= 0.6 is 0 Å². The summed E-state index contributed by atoms with van der Waals surface area (Å²) >= 11 is 0. The van der Waals surface area contributed by atoms with Gasteiger partial charge in [0.05, 0.1) is 17.7 Å². The van der Waals surface area contributed by atoms with E-state index in [2.05, 4.69) is 0 Å². The molecule has 25 heavy (non-hydrogen) atoms. The zero-order valence-corrected chi connectivity index (χ0v) is 14.2. The monoisotopic (exact) mass is 346 g/mol. The van der Waals surface area contributed by atoms with Crippen LogP contribution in [0.3, 0.4) is 0 Å². The summed E-state index contributed by atoms with van der Waals surface area (Å²) in [5.41, 5.74) is 1.38. The molecular formula is C19H22O6. The van der Waals surface area contributed by atoms with Crippen LogP contribution in [0.4, 0.5) is 0 Å². The van der Waals surface area contributed by atoms with E-state index in [1.165, 1.54) is 42.5 Å². The first-order chi connectivity index (χ1) is 11.9. The number of phenols is 2. The van der Waals surface area contributed by atoms with Crippen LogP contribution in [0.15, 0.2) is 42.5 Å². The standard InChI is InChI=1S/C10H12O3.C9H10O3/c1-2-7-13-10(12)8-3-5-9(11)6-4-8;1-2-6-5-7(10)3-4-8(6)9(11)12/h3-6,11H,2,7H2,1H3;3-5,10H,2H2,1H3,(H,11,12). The molecule has 0 radical (unpaired) electrons. The average Bonchev–Trinajstić information content (AvgIpc) is 2.60. The zero-order valence-electron chi connectivity index (χ0n) is 14.2. The largest absolute Gasteiger partial charge is 0.508 e. The maximum atomic E-state index is 11.2. The minimum Gasteiger partial charge on any atom is -0.508 e. The lowest BCUT2D eigenvalue weighted by Gasteiger charge is -2.02. The predicted octanol–water partition coefficient (Wildman–Crippen LogP) is 3.61. The van der Waals surface area contributed by atoms with Gasteiger partial charge in [0.15, 0.2) is 0 Å². The summed E-state index contributed by atoms with van der Waals surface area (Å²) < 4.78 is 4.90. The third-order valence-corrected chi connectivity index (χ3v) is 3.24. The van der Waals surface area contributed by atoms with Gasteiger partial charge in [-0.25, -0.2) is 9.59 Å². The fourth-order valence-corrected chi connectivity index (χ4v) is 1.96. The summed E-state index contributed by atoms with van der Waals surface area (Å²) in [6, 6.07) is 10.3. The lowest BCUT2D eigenvalue weighted by molar-refractivity contribution is 0.0504. The van der Waals surface area contributed by atoms with E-state index < -0.39 is 5.97 Å². The smallest absolute Gasteiger partial charge is 0.338 e. The van der Waals surface area contributed by atoms with Gasteiger partial charge >= 0.3 is 11.9 Å². The second-order valence-corrected chi connectivity index (χ2v) is 5.18. The summed E-state index contributed by atoms with van der Waals surface area (Å²) in [6.45, 7) is 4.21. The molecule has 0 amide bonds. The van der Waals surface area contributed by atoms with E-state index in [4.69, 9.17) is 20.1 Å². The molecule has 6 nitrogen and oxygen atoms in total. The number of carbonyl (C=O) groups is 2. The highest BCUT2D eigenvalue weighted by Crippen LogP contribution is 2.17. The third-order valence-electron chi connectivity index (χ3n) is 3.24. The lowest BCUT2D eigenvalue weighted by Crippen LogP contribution is -2.05. The van der Waals surface area contributed by atoms with E-state index in [0.717, 1.165) is 6.42 Å². The van der Waals surface area contributed by atoms with Gasteiger partial charge in [-0.2, -0.15) is 0 Å². The first kappa shape index (κ1) is 20.0. The molecule has 0 aromatic heterocycles. The van der Waals surface area contributed by atoms with Crippen LogP contribution in [-0.4, -0.2) is 33.9 Å². The second kappa shape index (κ2) is 9.97. The Hall–Kier alpha value is -3.02. The quantitative estimate of drug-likeness (QED) is 0.715. The number of aromatic carboxylic acids is 1. The Kier molecular flexibility index (Phi) is 7.99. The number of carbonyl (C=O) groups excluding carboxylic acids is 1. The first-order valence-electron chi connectivity index (χ1n) is 7.90. The number of carboxylic acids is 1. The SMILES string of the molecule is CCCOC(=O)c1ccc(O)cc1.CCc1cc(O)ccc1C(=O)O. The summed E-state index contributed by atoms with van der Waals surface area (Å²) in [5, 5.41) is 26.7. The van der Waals surface area contributed by atoms with Crippen molar-refractivity contribution >= 4 is 11.9 Å². The Labute approximate surface area is 146 Å². The minimum absolute atomic E-state index is 0.108. The number of aromatic hydroxyl groups is 2. The van der Waals surface area contributed by atoms with Gasteiger partial charge in [-0.1, -0.05) is 13.8 Å². The van der Waals surface area contributed by atoms with Crippen LogP contribution in [0.2, 0.25) is 0 Å². The molecule has 0 atom stereocenters. The number of hydrogen-bond donors (Lipinski definition) is 3. The molecule has 3 N–H and O–H groups in total. The van der Waals surface area contributed by atoms with E-state index in [0.29, 0.717) is 24.2 Å². The van der Waals surface area contributed by atoms with Gasteiger partial charge in [-0.3, -0.25) is 0 Å². The Morgan fingerprint density at radius 1 is 0.960 bits per heavy atom. The molecule has 0 spiro atoms. The summed E-state index contributed by atoms with van der Waals surface area (Å²) in [5.74, 6) is -1.04. The molecular weight excluding hydrogens is 324 g/mol. The van der Waals surface area contributed by atoms with Gasteiger partial charge in [-0.15, -0.1) is 0 Å². The van der Waals surface area contributed by atoms with Gasteiger partial charge in [0.25, 0.3) is 0 Å². The predicted molar refractivity (Wildman–Crippen MR) is 93.1 cm³/mol. The molecule has 2 aromatic carbocycles. The van der Waals surface area contributed by atoms with Crippen LogP contribution in [0.5, 0.6) is 11.5 Å². The topological polar surface area (TPSA) is 104 Å². The lowest BCUT2D eigenvalue weighted by atomic mass is 10.1. The first-order valence-corrected chi connectivity index (χ1v) is 7.90. The molecule has 0 fully saturated rings. The molecule has 0 heterocycles. The number of benzene rings is 2. The van der Waals surface area contributed by atoms with Crippen LogP contribution in [0, 0.1) is 0 Å². The van der Waals surface area contributed by atoms with Crippen molar-refractivity contribution in [2.24, 2.45) is 0 Å². The van der Waals surface area contributed by atoms with Crippen molar-refractivity contribution < 1.29 is 29.6 Å². The molecule has 2 aromatic rings. The third kappa shape index (κ3) is 6.55. The molecule has 0 aliphatic carbocycles. The van der Waals surface area contributed by atoms with Gasteiger partial charge in [0.2, 0.25) is 0 Å². The van der Waals surface area contributed by atoms with Crippen LogP contribution in [0.25, 0.3) is 0 Å². The average molecular weight is 346 g/mol.